The Balaban J connectivity index is 2.24. The molecule has 3 aromatic rings. The summed E-state index contributed by atoms with van der Waals surface area (Å²) in [6.07, 6.45) is 3.58. The molecule has 0 amide bonds. The molecule has 0 bridgehead atoms. The highest BCUT2D eigenvalue weighted by Gasteiger charge is 2.05. The van der Waals surface area contributed by atoms with Crippen molar-refractivity contribution in [3.8, 4) is 11.1 Å². The molecule has 3 nitrogen and oxygen atoms in total. The fraction of sp³-hybridized carbons (Fsp3) is 0.0769. The van der Waals surface area contributed by atoms with Gasteiger partial charge in [0.05, 0.1) is 10.2 Å². The van der Waals surface area contributed by atoms with Gasteiger partial charge in [-0.2, -0.15) is 0 Å². The van der Waals surface area contributed by atoms with E-state index in [9.17, 15) is 4.79 Å². The SMILES string of the molecule is Cn1c(=O)sc2cc(-c3cccnc3)ccc21. The summed E-state index contributed by atoms with van der Waals surface area (Å²) in [5.74, 6) is 0. The molecule has 17 heavy (non-hydrogen) atoms. The summed E-state index contributed by atoms with van der Waals surface area (Å²) < 4.78 is 2.69. The van der Waals surface area contributed by atoms with Crippen LogP contribution in [0.2, 0.25) is 0 Å². The van der Waals surface area contributed by atoms with Crippen molar-refractivity contribution in [3.05, 3.63) is 52.4 Å². The number of thiazole rings is 1. The number of pyridine rings is 1. The Bertz CT molecular complexity index is 728. The summed E-state index contributed by atoms with van der Waals surface area (Å²) in [5, 5.41) is 0. The number of hydrogen-bond acceptors (Lipinski definition) is 3. The lowest BCUT2D eigenvalue weighted by Gasteiger charge is -2.01. The first-order chi connectivity index (χ1) is 8.25. The van der Waals surface area contributed by atoms with Gasteiger partial charge in [0.2, 0.25) is 0 Å². The van der Waals surface area contributed by atoms with Crippen LogP contribution in [0.4, 0.5) is 0 Å². The summed E-state index contributed by atoms with van der Waals surface area (Å²) in [5.41, 5.74) is 3.14. The first kappa shape index (κ1) is 10.2. The van der Waals surface area contributed by atoms with Crippen molar-refractivity contribution >= 4 is 21.6 Å². The van der Waals surface area contributed by atoms with E-state index in [-0.39, 0.29) is 4.87 Å². The minimum Gasteiger partial charge on any atom is -0.302 e. The molecule has 0 aliphatic rings. The fourth-order valence-corrected chi connectivity index (χ4v) is 2.77. The number of fused-ring (bicyclic) bond motifs is 1. The normalized spacial score (nSPS) is 10.9. The van der Waals surface area contributed by atoms with E-state index >= 15 is 0 Å². The lowest BCUT2D eigenvalue weighted by Crippen LogP contribution is -2.06. The van der Waals surface area contributed by atoms with Crippen LogP contribution in [0.3, 0.4) is 0 Å². The Morgan fingerprint density at radius 1 is 1.24 bits per heavy atom. The van der Waals surface area contributed by atoms with E-state index in [1.807, 2.05) is 36.5 Å². The smallest absolute Gasteiger partial charge is 0.302 e. The van der Waals surface area contributed by atoms with Crippen molar-refractivity contribution < 1.29 is 0 Å². The van der Waals surface area contributed by atoms with Crippen LogP contribution in [0.5, 0.6) is 0 Å². The molecule has 1 aromatic carbocycles. The number of benzene rings is 1. The Hall–Kier alpha value is -1.94. The van der Waals surface area contributed by atoms with Gasteiger partial charge in [-0.15, -0.1) is 0 Å². The third-order valence-electron chi connectivity index (χ3n) is 2.79. The summed E-state index contributed by atoms with van der Waals surface area (Å²) >= 11 is 1.27. The van der Waals surface area contributed by atoms with Gasteiger partial charge in [0.1, 0.15) is 0 Å². The van der Waals surface area contributed by atoms with Gasteiger partial charge in [0, 0.05) is 25.0 Å². The van der Waals surface area contributed by atoms with Crippen molar-refractivity contribution in [2.45, 2.75) is 0 Å². The fourth-order valence-electron chi connectivity index (χ4n) is 1.85. The lowest BCUT2D eigenvalue weighted by atomic mass is 10.1. The lowest BCUT2D eigenvalue weighted by molar-refractivity contribution is 0.939. The van der Waals surface area contributed by atoms with Crippen molar-refractivity contribution in [1.29, 1.82) is 0 Å². The molecule has 0 spiro atoms. The molecule has 0 aliphatic carbocycles. The van der Waals surface area contributed by atoms with Gasteiger partial charge in [0.25, 0.3) is 0 Å². The minimum absolute atomic E-state index is 0.0725. The highest BCUT2D eigenvalue weighted by molar-refractivity contribution is 7.16. The largest absolute Gasteiger partial charge is 0.307 e. The Morgan fingerprint density at radius 2 is 2.12 bits per heavy atom. The molecule has 4 heteroatoms. The summed E-state index contributed by atoms with van der Waals surface area (Å²) in [7, 11) is 1.80. The van der Waals surface area contributed by atoms with Gasteiger partial charge < -0.3 is 4.57 Å². The molecule has 0 N–H and O–H groups in total. The topological polar surface area (TPSA) is 34.9 Å². The molecule has 0 saturated carbocycles. The Morgan fingerprint density at radius 3 is 2.88 bits per heavy atom. The second kappa shape index (κ2) is 3.82. The maximum atomic E-state index is 11.6. The molecule has 0 unspecified atom stereocenters. The van der Waals surface area contributed by atoms with Crippen molar-refractivity contribution in [2.24, 2.45) is 7.05 Å². The first-order valence-electron chi connectivity index (χ1n) is 5.26. The second-order valence-electron chi connectivity index (χ2n) is 3.85. The monoisotopic (exact) mass is 242 g/mol. The highest BCUT2D eigenvalue weighted by Crippen LogP contribution is 2.24. The van der Waals surface area contributed by atoms with Gasteiger partial charge in [-0.05, 0) is 23.8 Å². The number of rotatable bonds is 1. The number of aryl methyl sites for hydroxylation is 1. The van der Waals surface area contributed by atoms with Crippen LogP contribution in [0, 0.1) is 0 Å². The maximum Gasteiger partial charge on any atom is 0.307 e. The third-order valence-corrected chi connectivity index (χ3v) is 3.78. The maximum absolute atomic E-state index is 11.6. The Labute approximate surface area is 102 Å². The quantitative estimate of drug-likeness (QED) is 0.657. The van der Waals surface area contributed by atoms with Crippen LogP contribution in [0.1, 0.15) is 0 Å². The standard InChI is InChI=1S/C13H10N2OS/c1-15-11-5-4-9(7-12(11)17-13(15)16)10-3-2-6-14-8-10/h2-8H,1H3. The molecular formula is C13H10N2OS. The first-order valence-corrected chi connectivity index (χ1v) is 6.07. The average molecular weight is 242 g/mol. The number of aromatic nitrogens is 2. The second-order valence-corrected chi connectivity index (χ2v) is 4.84. The van der Waals surface area contributed by atoms with Crippen LogP contribution >= 0.6 is 11.3 Å². The van der Waals surface area contributed by atoms with Gasteiger partial charge in [0.15, 0.2) is 0 Å². The Kier molecular flexibility index (Phi) is 2.30. The molecular weight excluding hydrogens is 232 g/mol. The van der Waals surface area contributed by atoms with Gasteiger partial charge in [-0.1, -0.05) is 23.5 Å². The van der Waals surface area contributed by atoms with Crippen LogP contribution < -0.4 is 4.87 Å². The van der Waals surface area contributed by atoms with Crippen molar-refractivity contribution in [1.82, 2.24) is 9.55 Å². The molecule has 3 rings (SSSR count). The van der Waals surface area contributed by atoms with Crippen molar-refractivity contribution in [3.63, 3.8) is 0 Å². The van der Waals surface area contributed by atoms with Crippen LogP contribution in [-0.2, 0) is 7.05 Å². The molecule has 0 saturated heterocycles. The molecule has 0 radical (unpaired) electrons. The van der Waals surface area contributed by atoms with E-state index < -0.39 is 0 Å². The van der Waals surface area contributed by atoms with E-state index in [0.29, 0.717) is 0 Å². The molecule has 0 aliphatic heterocycles. The van der Waals surface area contributed by atoms with Crippen LogP contribution in [0.25, 0.3) is 21.3 Å². The summed E-state index contributed by atoms with van der Waals surface area (Å²) in [6.45, 7) is 0. The van der Waals surface area contributed by atoms with E-state index in [1.54, 1.807) is 17.8 Å². The molecule has 84 valence electrons. The van der Waals surface area contributed by atoms with E-state index in [4.69, 9.17) is 0 Å². The van der Waals surface area contributed by atoms with E-state index in [0.717, 1.165) is 21.3 Å². The van der Waals surface area contributed by atoms with E-state index in [1.165, 1.54) is 11.3 Å². The van der Waals surface area contributed by atoms with Gasteiger partial charge in [-0.25, -0.2) is 0 Å². The van der Waals surface area contributed by atoms with Gasteiger partial charge >= 0.3 is 4.87 Å². The number of hydrogen-bond donors (Lipinski definition) is 0. The van der Waals surface area contributed by atoms with E-state index in [2.05, 4.69) is 4.98 Å². The predicted molar refractivity (Wildman–Crippen MR) is 70.3 cm³/mol. The zero-order valence-electron chi connectivity index (χ0n) is 9.25. The molecule has 0 atom stereocenters. The molecule has 2 aromatic heterocycles. The van der Waals surface area contributed by atoms with Crippen LogP contribution in [-0.4, -0.2) is 9.55 Å². The average Bonchev–Trinajstić information content (AvgIpc) is 2.66. The van der Waals surface area contributed by atoms with Crippen molar-refractivity contribution in [2.75, 3.05) is 0 Å². The molecule has 2 heterocycles. The zero-order chi connectivity index (χ0) is 11.8. The van der Waals surface area contributed by atoms with Gasteiger partial charge in [-0.3, -0.25) is 9.78 Å². The molecule has 0 fully saturated rings. The minimum atomic E-state index is 0.0725. The number of nitrogens with zero attached hydrogens (tertiary/aromatic N) is 2. The zero-order valence-corrected chi connectivity index (χ0v) is 10.1. The predicted octanol–water partition coefficient (Wildman–Crippen LogP) is 2.66. The third kappa shape index (κ3) is 1.66. The summed E-state index contributed by atoms with van der Waals surface area (Å²) in [6, 6.07) is 9.96. The van der Waals surface area contributed by atoms with Crippen LogP contribution in [0.15, 0.2) is 47.5 Å². The summed E-state index contributed by atoms with van der Waals surface area (Å²) in [4.78, 5) is 15.7. The highest BCUT2D eigenvalue weighted by atomic mass is 32.1.